The second kappa shape index (κ2) is 5.62. The second-order valence-corrected chi connectivity index (χ2v) is 8.80. The lowest BCUT2D eigenvalue weighted by Crippen LogP contribution is -2.40. The molecular weight excluding hydrogens is 386 g/mol. The van der Waals surface area contributed by atoms with Gasteiger partial charge in [0.15, 0.2) is 6.23 Å². The maximum Gasteiger partial charge on any atom is 0.164 e. The molecule has 5 atom stereocenters. The summed E-state index contributed by atoms with van der Waals surface area (Å²) in [5.74, 6) is 0. The minimum absolute atomic E-state index is 0.00177. The van der Waals surface area contributed by atoms with Gasteiger partial charge in [0.25, 0.3) is 0 Å². The quantitative estimate of drug-likeness (QED) is 0.733. The predicted octanol–water partition coefficient (Wildman–Crippen LogP) is 1.60. The average molecular weight is 396 g/mol. The molecule has 7 nitrogen and oxygen atoms in total. The number of nitrogens with zero attached hydrogens (tertiary/aromatic N) is 2. The molecule has 23 heavy (non-hydrogen) atoms. The first-order chi connectivity index (χ1) is 10.9. The van der Waals surface area contributed by atoms with Crippen molar-refractivity contribution in [3.05, 3.63) is 28.5 Å². The van der Waals surface area contributed by atoms with Gasteiger partial charge < -0.3 is 28.4 Å². The highest BCUT2D eigenvalue weighted by Gasteiger charge is 2.49. The van der Waals surface area contributed by atoms with Gasteiger partial charge in [0, 0.05) is 0 Å². The van der Waals surface area contributed by atoms with E-state index in [0.717, 1.165) is 0 Å². The fourth-order valence-corrected chi connectivity index (χ4v) is 4.53. The van der Waals surface area contributed by atoms with Crippen LogP contribution in [0.15, 0.2) is 18.5 Å². The van der Waals surface area contributed by atoms with E-state index in [4.69, 9.17) is 48.8 Å². The highest BCUT2D eigenvalue weighted by atomic mass is 35.5. The van der Waals surface area contributed by atoms with Crippen LogP contribution in [-0.2, 0) is 25.6 Å². The molecule has 0 amide bonds. The third-order valence-electron chi connectivity index (χ3n) is 3.85. The standard InChI is InChI=1S/C12H11Cl2N2O5PS/c13-5-1-7-8(2-6(5)14)16(4-15-7)12-10(17)11-9(20-12)3-19-22(18,23)21-11/h1-2,4,9-12,17H,3H2,(H,18,23)/p-1. The number of hydrogen-bond acceptors (Lipinski definition) is 7. The minimum Gasteiger partial charge on any atom is -0.780 e. The minimum atomic E-state index is -3.58. The normalized spacial score (nSPS) is 37.2. The Kier molecular flexibility index (Phi) is 3.96. The summed E-state index contributed by atoms with van der Waals surface area (Å²) >= 11 is 16.7. The highest BCUT2D eigenvalue weighted by Crippen LogP contribution is 2.50. The first-order valence-electron chi connectivity index (χ1n) is 6.65. The lowest BCUT2D eigenvalue weighted by Gasteiger charge is -2.38. The van der Waals surface area contributed by atoms with Crippen LogP contribution >= 0.6 is 29.9 Å². The Bertz CT molecular complexity index is 833. The van der Waals surface area contributed by atoms with E-state index in [2.05, 4.69) is 4.98 Å². The van der Waals surface area contributed by atoms with Gasteiger partial charge in [-0.05, 0) is 12.1 Å². The molecule has 2 saturated heterocycles. The Morgan fingerprint density at radius 3 is 2.91 bits per heavy atom. The van der Waals surface area contributed by atoms with Crippen molar-refractivity contribution in [3.63, 3.8) is 0 Å². The number of aromatic nitrogens is 2. The zero-order valence-electron chi connectivity index (χ0n) is 11.3. The van der Waals surface area contributed by atoms with Crippen molar-refractivity contribution >= 4 is 52.8 Å². The number of fused-ring (bicyclic) bond motifs is 2. The molecule has 4 rings (SSSR count). The summed E-state index contributed by atoms with van der Waals surface area (Å²) in [6, 6.07) is 3.26. The molecule has 2 fully saturated rings. The number of benzene rings is 1. The van der Waals surface area contributed by atoms with Gasteiger partial charge in [-0.2, -0.15) is 0 Å². The fourth-order valence-electron chi connectivity index (χ4n) is 2.78. The van der Waals surface area contributed by atoms with Gasteiger partial charge in [-0.3, -0.25) is 0 Å². The monoisotopic (exact) mass is 395 g/mol. The number of aliphatic hydroxyl groups excluding tert-OH is 1. The zero-order valence-corrected chi connectivity index (χ0v) is 14.6. The van der Waals surface area contributed by atoms with Crippen LogP contribution in [0.5, 0.6) is 0 Å². The third-order valence-corrected chi connectivity index (χ3v) is 6.11. The molecule has 124 valence electrons. The smallest absolute Gasteiger partial charge is 0.164 e. The van der Waals surface area contributed by atoms with Crippen molar-refractivity contribution in [1.82, 2.24) is 9.55 Å². The fraction of sp³-hybridized carbons (Fsp3) is 0.417. The summed E-state index contributed by atoms with van der Waals surface area (Å²) in [5.41, 5.74) is 1.25. The molecule has 1 aromatic carbocycles. The molecule has 1 aromatic heterocycles. The molecule has 11 heteroatoms. The lowest BCUT2D eigenvalue weighted by atomic mass is 10.1. The van der Waals surface area contributed by atoms with Crippen molar-refractivity contribution in [2.45, 2.75) is 24.5 Å². The highest BCUT2D eigenvalue weighted by molar-refractivity contribution is 8.06. The molecule has 2 aliphatic heterocycles. The van der Waals surface area contributed by atoms with Crippen molar-refractivity contribution in [2.75, 3.05) is 6.61 Å². The largest absolute Gasteiger partial charge is 0.780 e. The van der Waals surface area contributed by atoms with Crippen molar-refractivity contribution in [2.24, 2.45) is 0 Å². The zero-order chi connectivity index (χ0) is 16.4. The van der Waals surface area contributed by atoms with Gasteiger partial charge in [0.1, 0.15) is 25.0 Å². The second-order valence-electron chi connectivity index (χ2n) is 5.28. The molecule has 0 radical (unpaired) electrons. The maximum atomic E-state index is 11.8. The van der Waals surface area contributed by atoms with Gasteiger partial charge >= 0.3 is 0 Å². The van der Waals surface area contributed by atoms with Crippen molar-refractivity contribution < 1.29 is 23.8 Å². The summed E-state index contributed by atoms with van der Waals surface area (Å²) < 4.78 is 17.5. The van der Waals surface area contributed by atoms with Crippen LogP contribution in [0.4, 0.5) is 0 Å². The number of aliphatic hydroxyl groups is 1. The molecule has 0 saturated carbocycles. The third kappa shape index (κ3) is 2.72. The van der Waals surface area contributed by atoms with Crippen molar-refractivity contribution in [3.8, 4) is 0 Å². The molecular formula is C12H10Cl2N2O5PS-. The molecule has 5 unspecified atom stereocenters. The van der Waals surface area contributed by atoms with Crippen LogP contribution in [0.3, 0.4) is 0 Å². The van der Waals surface area contributed by atoms with Crippen molar-refractivity contribution in [1.29, 1.82) is 0 Å². The van der Waals surface area contributed by atoms with Crippen LogP contribution in [0.1, 0.15) is 6.23 Å². The molecule has 0 aliphatic carbocycles. The Morgan fingerprint density at radius 1 is 1.39 bits per heavy atom. The van der Waals surface area contributed by atoms with Gasteiger partial charge in [-0.25, -0.2) is 4.98 Å². The summed E-state index contributed by atoms with van der Waals surface area (Å²) in [4.78, 5) is 16.0. The number of rotatable bonds is 1. The molecule has 2 aromatic rings. The Hall–Kier alpha value is -0.280. The summed E-state index contributed by atoms with van der Waals surface area (Å²) in [7, 11) is 0. The van der Waals surface area contributed by atoms with E-state index in [9.17, 15) is 10.00 Å². The van der Waals surface area contributed by atoms with E-state index in [1.54, 1.807) is 16.7 Å². The van der Waals surface area contributed by atoms with E-state index in [1.165, 1.54) is 6.33 Å². The van der Waals surface area contributed by atoms with Gasteiger partial charge in [-0.15, -0.1) is 0 Å². The lowest BCUT2D eigenvalue weighted by molar-refractivity contribution is -0.227. The Balaban J connectivity index is 1.72. The molecule has 3 heterocycles. The number of ether oxygens (including phenoxy) is 1. The summed E-state index contributed by atoms with van der Waals surface area (Å²) in [6.45, 7) is -3.58. The number of imidazole rings is 1. The van der Waals surface area contributed by atoms with Gasteiger partial charge in [-0.1, -0.05) is 35.0 Å². The van der Waals surface area contributed by atoms with Crippen LogP contribution in [0.2, 0.25) is 10.0 Å². The summed E-state index contributed by atoms with van der Waals surface area (Å²) in [5, 5.41) is 11.2. The van der Waals surface area contributed by atoms with Crippen LogP contribution in [0.25, 0.3) is 11.0 Å². The first kappa shape index (κ1) is 16.2. The van der Waals surface area contributed by atoms with E-state index < -0.39 is 31.3 Å². The number of halogens is 2. The Morgan fingerprint density at radius 2 is 2.13 bits per heavy atom. The molecule has 0 bridgehead atoms. The number of hydrogen-bond donors (Lipinski definition) is 1. The van der Waals surface area contributed by atoms with E-state index in [1.807, 2.05) is 0 Å². The van der Waals surface area contributed by atoms with Crippen LogP contribution in [0, 0.1) is 0 Å². The summed E-state index contributed by atoms with van der Waals surface area (Å²) in [6.07, 6.45) is -1.75. The van der Waals surface area contributed by atoms with E-state index in [0.29, 0.717) is 21.1 Å². The predicted molar refractivity (Wildman–Crippen MR) is 84.8 cm³/mol. The van der Waals surface area contributed by atoms with E-state index in [-0.39, 0.29) is 6.61 Å². The molecule has 0 spiro atoms. The SMILES string of the molecule is [O-]P1(=S)OCC2OC(n3cnc4cc(Cl)c(Cl)cc43)C(O)C2O1. The van der Waals surface area contributed by atoms with Gasteiger partial charge in [0.2, 0.25) is 0 Å². The average Bonchev–Trinajstić information content (AvgIpc) is 3.01. The maximum absolute atomic E-state index is 11.8. The van der Waals surface area contributed by atoms with E-state index >= 15 is 0 Å². The Labute approximate surface area is 145 Å². The van der Waals surface area contributed by atoms with Gasteiger partial charge in [0.05, 0.1) is 34.0 Å². The first-order valence-corrected chi connectivity index (χ1v) is 9.96. The van der Waals surface area contributed by atoms with Crippen LogP contribution < -0.4 is 4.89 Å². The van der Waals surface area contributed by atoms with Crippen LogP contribution in [-0.4, -0.2) is 39.6 Å². The topological polar surface area (TPSA) is 88.8 Å². The molecule has 2 aliphatic rings. The molecule has 1 N–H and O–H groups in total.